The van der Waals surface area contributed by atoms with Crippen LogP contribution in [0.5, 0.6) is 0 Å². The lowest BCUT2D eigenvalue weighted by Gasteiger charge is -2.45. The lowest BCUT2D eigenvalue weighted by atomic mass is 9.92. The summed E-state index contributed by atoms with van der Waals surface area (Å²) < 4.78 is 52.8. The lowest BCUT2D eigenvalue weighted by Crippen LogP contribution is -2.59. The highest BCUT2D eigenvalue weighted by atomic mass is 32.2. The highest BCUT2D eigenvalue weighted by Crippen LogP contribution is 2.51. The van der Waals surface area contributed by atoms with Crippen LogP contribution in [0, 0.1) is 5.41 Å². The van der Waals surface area contributed by atoms with Gasteiger partial charge in [-0.05, 0) is 32.4 Å². The minimum absolute atomic E-state index is 0.0128. The first kappa shape index (κ1) is 31.1. The minimum Gasteiger partial charge on any atom is -0.379 e. The number of hydrogen-bond acceptors (Lipinski definition) is 7. The normalized spacial score (nSPS) is 26.3. The maximum atomic E-state index is 15.1. The van der Waals surface area contributed by atoms with Gasteiger partial charge < -0.3 is 19.9 Å². The van der Waals surface area contributed by atoms with Crippen LogP contribution in [0.3, 0.4) is 0 Å². The summed E-state index contributed by atoms with van der Waals surface area (Å²) in [5, 5.41) is 18.1. The van der Waals surface area contributed by atoms with Crippen LogP contribution < -0.4 is 5.32 Å². The summed E-state index contributed by atoms with van der Waals surface area (Å²) in [5.74, 6) is 0.401. The molecule has 2 N–H and O–H groups in total. The summed E-state index contributed by atoms with van der Waals surface area (Å²) in [5.41, 5.74) is 1.19. The number of alkyl halides is 3. The van der Waals surface area contributed by atoms with E-state index in [1.54, 1.807) is 39.9 Å². The number of likely N-dealkylation sites (tertiary alicyclic amines) is 1. The fourth-order valence-electron chi connectivity index (χ4n) is 7.79. The molecule has 3 saturated heterocycles. The van der Waals surface area contributed by atoms with E-state index in [4.69, 9.17) is 4.74 Å². The molecule has 5 heterocycles. The number of amides is 1. The quantitative estimate of drug-likeness (QED) is 0.226. The van der Waals surface area contributed by atoms with E-state index in [1.165, 1.54) is 17.8 Å². The Kier molecular flexibility index (Phi) is 7.84. The van der Waals surface area contributed by atoms with Crippen molar-refractivity contribution >= 4 is 40.1 Å². The second-order valence-corrected chi connectivity index (χ2v) is 13.9. The number of fused-ring (bicyclic) bond motifs is 4. The second kappa shape index (κ2) is 11.6. The third kappa shape index (κ3) is 5.26. The Morgan fingerprint density at radius 1 is 1.24 bits per heavy atom. The number of nitrogens with one attached hydrogen (secondary N) is 2. The number of rotatable bonds is 5. The highest BCUT2D eigenvalue weighted by Gasteiger charge is 2.43. The zero-order chi connectivity index (χ0) is 32.5. The molecule has 3 fully saturated rings. The van der Waals surface area contributed by atoms with Gasteiger partial charge in [-0.25, -0.2) is 0 Å². The number of para-hydroxylation sites is 1. The van der Waals surface area contributed by atoms with E-state index < -0.39 is 11.7 Å². The summed E-state index contributed by atoms with van der Waals surface area (Å²) >= 11 is 1.43. The van der Waals surface area contributed by atoms with Crippen LogP contribution in [-0.2, 0) is 22.8 Å². The molecule has 244 valence electrons. The van der Waals surface area contributed by atoms with Crippen LogP contribution >= 0.6 is 11.8 Å². The fraction of sp³-hybridized carbons (Fsp3) is 0.485. The van der Waals surface area contributed by atoms with E-state index in [0.717, 1.165) is 31.0 Å². The third-order valence-electron chi connectivity index (χ3n) is 9.78. The molecule has 4 aliphatic rings. The monoisotopic (exact) mass is 653 g/mol. The van der Waals surface area contributed by atoms with Gasteiger partial charge in [0.05, 0.1) is 35.7 Å². The Morgan fingerprint density at radius 2 is 2.00 bits per heavy atom. The fourth-order valence-corrected chi connectivity index (χ4v) is 9.02. The largest absolute Gasteiger partial charge is 0.417 e. The molecule has 2 aromatic carbocycles. The number of anilines is 1. The summed E-state index contributed by atoms with van der Waals surface area (Å²) in [6.45, 7) is 10.4. The maximum Gasteiger partial charge on any atom is 0.417 e. The zero-order valence-electron chi connectivity index (χ0n) is 26.1. The van der Waals surface area contributed by atoms with E-state index >= 15 is 13.2 Å². The van der Waals surface area contributed by atoms with Gasteiger partial charge in [-0.2, -0.15) is 18.3 Å². The molecule has 13 heteroatoms. The molecule has 0 aliphatic carbocycles. The molecule has 2 bridgehead atoms. The zero-order valence-corrected chi connectivity index (χ0v) is 26.9. The molecule has 4 aliphatic heterocycles. The average molecular weight is 654 g/mol. The molecule has 1 amide bonds. The molecule has 46 heavy (non-hydrogen) atoms. The van der Waals surface area contributed by atoms with Crippen molar-refractivity contribution in [1.82, 2.24) is 24.5 Å². The Labute approximate surface area is 270 Å². The number of nitrogens with zero attached hydrogens (tertiary/aromatic N) is 5. The van der Waals surface area contributed by atoms with Crippen molar-refractivity contribution < 1.29 is 22.7 Å². The van der Waals surface area contributed by atoms with E-state index in [2.05, 4.69) is 21.9 Å². The summed E-state index contributed by atoms with van der Waals surface area (Å²) in [4.78, 5) is 19.0. The molecule has 1 aromatic heterocycles. The van der Waals surface area contributed by atoms with Gasteiger partial charge in [-0.3, -0.25) is 19.8 Å². The van der Waals surface area contributed by atoms with Crippen LogP contribution in [0.15, 0.2) is 48.0 Å². The first-order valence-electron chi connectivity index (χ1n) is 15.7. The first-order chi connectivity index (χ1) is 21.9. The molecule has 3 aromatic rings. The number of aromatic nitrogens is 2. The summed E-state index contributed by atoms with van der Waals surface area (Å²) in [7, 11) is 1.74. The van der Waals surface area contributed by atoms with Gasteiger partial charge in [-0.1, -0.05) is 24.8 Å². The van der Waals surface area contributed by atoms with Crippen molar-refractivity contribution in [1.29, 1.82) is 5.41 Å². The Morgan fingerprint density at radius 3 is 2.65 bits per heavy atom. The number of carbonyl (C=O) groups excluding carboxylic acids is 1. The summed E-state index contributed by atoms with van der Waals surface area (Å²) in [6.07, 6.45) is -0.482. The number of piperazine rings is 1. The average Bonchev–Trinajstić information content (AvgIpc) is 3.75. The standard InChI is InChI=1S/C33H38F3N7O2S/c1-5-27(44)43-18(2)12-42(13-19(43)3)32(37)25-10-26(33(34,35)36)28(24-8-6-7-20-11-38-40(4)30(20)24)31-29(25)39-21(17-46-31)14-41-15-23-9-22(41)16-45-23/h5-8,10-11,18-19,21-23,37,39H,1,9,12-17H2,2-4H3/t18-,19+,21-,22-,23-/m0/s1. The van der Waals surface area contributed by atoms with Crippen molar-refractivity contribution in [2.45, 2.75) is 61.6 Å². The summed E-state index contributed by atoms with van der Waals surface area (Å²) in [6, 6.07) is 6.33. The molecule has 9 nitrogen and oxygen atoms in total. The van der Waals surface area contributed by atoms with Crippen LogP contribution in [0.2, 0.25) is 0 Å². The Hall–Kier alpha value is -3.55. The highest BCUT2D eigenvalue weighted by molar-refractivity contribution is 7.99. The number of hydrogen-bond donors (Lipinski definition) is 2. The van der Waals surface area contributed by atoms with Gasteiger partial charge in [-0.15, -0.1) is 11.8 Å². The van der Waals surface area contributed by atoms with Crippen LogP contribution in [-0.4, -0.2) is 105 Å². The number of halogens is 3. The SMILES string of the molecule is C=CC(=O)N1[C@H](C)CN(C(=N)c2cc(C(F)(F)F)c(-c3cccc4cnn(C)c34)c3c2N[C@@H](CN2C[C@@H]4C[C@H]2CO4)CS3)C[C@@H]1C. The van der Waals surface area contributed by atoms with Crippen molar-refractivity contribution in [2.24, 2.45) is 7.05 Å². The van der Waals surface area contributed by atoms with Crippen LogP contribution in [0.25, 0.3) is 22.0 Å². The molecule has 0 unspecified atom stereocenters. The van der Waals surface area contributed by atoms with Gasteiger partial charge in [0, 0.05) is 90.1 Å². The molecule has 0 radical (unpaired) electrons. The number of benzene rings is 2. The lowest BCUT2D eigenvalue weighted by molar-refractivity contribution is -0.137. The van der Waals surface area contributed by atoms with E-state index in [9.17, 15) is 10.2 Å². The van der Waals surface area contributed by atoms with Crippen LogP contribution in [0.1, 0.15) is 31.4 Å². The van der Waals surface area contributed by atoms with Crippen molar-refractivity contribution in [3.05, 3.63) is 54.2 Å². The number of morpholine rings is 1. The van der Waals surface area contributed by atoms with Gasteiger partial charge in [0.2, 0.25) is 5.91 Å². The molecular formula is C33H38F3N7O2S. The second-order valence-electron chi connectivity index (χ2n) is 12.9. The molecule has 5 atom stereocenters. The van der Waals surface area contributed by atoms with Gasteiger partial charge in [0.15, 0.2) is 0 Å². The Bertz CT molecular complexity index is 1710. The number of thioether (sulfide) groups is 1. The Balaban J connectivity index is 1.34. The smallest absolute Gasteiger partial charge is 0.379 e. The van der Waals surface area contributed by atoms with Gasteiger partial charge in [0.25, 0.3) is 0 Å². The molecule has 0 saturated carbocycles. The van der Waals surface area contributed by atoms with E-state index in [-0.39, 0.29) is 47.1 Å². The maximum absolute atomic E-state index is 15.1. The molecular weight excluding hydrogens is 615 g/mol. The molecule has 7 rings (SSSR count). The first-order valence-corrected chi connectivity index (χ1v) is 16.7. The number of carbonyl (C=O) groups is 1. The van der Waals surface area contributed by atoms with Gasteiger partial charge >= 0.3 is 6.18 Å². The van der Waals surface area contributed by atoms with Gasteiger partial charge in [0.1, 0.15) is 5.84 Å². The predicted octanol–water partition coefficient (Wildman–Crippen LogP) is 5.05. The third-order valence-corrected chi connectivity index (χ3v) is 11.0. The minimum atomic E-state index is -4.68. The topological polar surface area (TPSA) is 89.7 Å². The number of ether oxygens (including phenoxy) is 1. The van der Waals surface area contributed by atoms with Crippen LogP contribution in [0.4, 0.5) is 18.9 Å². The van der Waals surface area contributed by atoms with E-state index in [0.29, 0.717) is 53.2 Å². The number of amidine groups is 1. The van der Waals surface area contributed by atoms with Crippen molar-refractivity contribution in [3.8, 4) is 11.1 Å². The molecule has 0 spiro atoms. The predicted molar refractivity (Wildman–Crippen MR) is 173 cm³/mol. The number of aryl methyl sites for hydroxylation is 1. The van der Waals surface area contributed by atoms with Crippen molar-refractivity contribution in [3.63, 3.8) is 0 Å². The van der Waals surface area contributed by atoms with E-state index in [1.807, 2.05) is 19.9 Å². The van der Waals surface area contributed by atoms with Crippen molar-refractivity contribution in [2.75, 3.05) is 43.9 Å².